The summed E-state index contributed by atoms with van der Waals surface area (Å²) >= 11 is 1.28. The summed E-state index contributed by atoms with van der Waals surface area (Å²) in [4.78, 5) is 3.98. The van der Waals surface area contributed by atoms with Gasteiger partial charge in [-0.3, -0.25) is 0 Å². The van der Waals surface area contributed by atoms with Crippen molar-refractivity contribution in [3.05, 3.63) is 6.33 Å². The molecule has 5 heteroatoms. The third-order valence-corrected chi connectivity index (χ3v) is 3.50. The summed E-state index contributed by atoms with van der Waals surface area (Å²) in [5, 5.41) is 0.629. The average Bonchev–Trinajstić information content (AvgIpc) is 2.65. The van der Waals surface area contributed by atoms with Gasteiger partial charge in [0.1, 0.15) is 12.9 Å². The van der Waals surface area contributed by atoms with Crippen molar-refractivity contribution < 1.29 is 4.74 Å². The molecule has 1 heterocycles. The summed E-state index contributed by atoms with van der Waals surface area (Å²) in [5.41, 5.74) is 6.16. The van der Waals surface area contributed by atoms with Crippen LogP contribution in [0.2, 0.25) is 0 Å². The quantitative estimate of drug-likeness (QED) is 0.802. The average molecular weight is 227 g/mol. The van der Waals surface area contributed by atoms with E-state index in [1.807, 2.05) is 0 Å². The maximum absolute atomic E-state index is 6.31. The Labute approximate surface area is 94.0 Å². The zero-order valence-corrected chi connectivity index (χ0v) is 9.63. The van der Waals surface area contributed by atoms with Crippen molar-refractivity contribution >= 4 is 11.5 Å². The molecule has 2 rings (SSSR count). The van der Waals surface area contributed by atoms with Gasteiger partial charge in [-0.25, -0.2) is 0 Å². The first kappa shape index (κ1) is 10.8. The van der Waals surface area contributed by atoms with E-state index in [4.69, 9.17) is 10.5 Å². The molecule has 1 aromatic heterocycles. The van der Waals surface area contributed by atoms with Crippen molar-refractivity contribution in [2.24, 2.45) is 5.73 Å². The van der Waals surface area contributed by atoms with Gasteiger partial charge in [0.15, 0.2) is 0 Å². The van der Waals surface area contributed by atoms with Crippen LogP contribution in [0.3, 0.4) is 0 Å². The second kappa shape index (κ2) is 4.90. The molecule has 1 saturated carbocycles. The Morgan fingerprint density at radius 1 is 1.33 bits per heavy atom. The Balaban J connectivity index is 1.86. The molecule has 1 aliphatic rings. The molecule has 0 spiro atoms. The summed E-state index contributed by atoms with van der Waals surface area (Å²) in [6, 6.07) is 0. The minimum absolute atomic E-state index is 0.151. The van der Waals surface area contributed by atoms with Crippen molar-refractivity contribution in [2.75, 3.05) is 6.61 Å². The molecule has 1 fully saturated rings. The van der Waals surface area contributed by atoms with Gasteiger partial charge in [-0.15, -0.1) is 0 Å². The van der Waals surface area contributed by atoms with Gasteiger partial charge in [0.25, 0.3) is 5.19 Å². The molecular weight excluding hydrogens is 210 g/mol. The Morgan fingerprint density at radius 3 is 2.67 bits per heavy atom. The van der Waals surface area contributed by atoms with Crippen LogP contribution >= 0.6 is 11.5 Å². The molecule has 0 unspecified atom stereocenters. The fourth-order valence-electron chi connectivity index (χ4n) is 2.01. The van der Waals surface area contributed by atoms with Gasteiger partial charge >= 0.3 is 0 Å². The minimum Gasteiger partial charge on any atom is -0.467 e. The lowest BCUT2D eigenvalue weighted by Crippen LogP contribution is -2.45. The second-order valence-electron chi connectivity index (χ2n) is 4.27. The van der Waals surface area contributed by atoms with Crippen LogP contribution in [-0.2, 0) is 0 Å². The molecule has 0 saturated heterocycles. The van der Waals surface area contributed by atoms with E-state index in [0.29, 0.717) is 11.8 Å². The predicted octanol–water partition coefficient (Wildman–Crippen LogP) is 1.97. The van der Waals surface area contributed by atoms with Gasteiger partial charge in [-0.1, -0.05) is 25.7 Å². The molecule has 2 N–H and O–H groups in total. The van der Waals surface area contributed by atoms with E-state index in [2.05, 4.69) is 9.36 Å². The molecule has 0 radical (unpaired) electrons. The number of ether oxygens (including phenoxy) is 1. The first-order valence-electron chi connectivity index (χ1n) is 5.47. The number of rotatable bonds is 3. The highest BCUT2D eigenvalue weighted by Gasteiger charge is 2.27. The summed E-state index contributed by atoms with van der Waals surface area (Å²) in [6.07, 6.45) is 8.68. The van der Waals surface area contributed by atoms with Crippen molar-refractivity contribution in [2.45, 2.75) is 44.1 Å². The Morgan fingerprint density at radius 2 is 2.07 bits per heavy atom. The zero-order valence-electron chi connectivity index (χ0n) is 8.82. The van der Waals surface area contributed by atoms with Crippen LogP contribution in [0.15, 0.2) is 6.33 Å². The Kier molecular flexibility index (Phi) is 3.53. The molecule has 4 nitrogen and oxygen atoms in total. The monoisotopic (exact) mass is 227 g/mol. The molecule has 1 aromatic rings. The third kappa shape index (κ3) is 3.14. The maximum Gasteiger partial charge on any atom is 0.292 e. The smallest absolute Gasteiger partial charge is 0.292 e. The molecule has 0 atom stereocenters. The van der Waals surface area contributed by atoms with E-state index in [0.717, 1.165) is 12.8 Å². The van der Waals surface area contributed by atoms with Gasteiger partial charge in [0.2, 0.25) is 0 Å². The number of nitrogens with zero attached hydrogens (tertiary/aromatic N) is 2. The van der Waals surface area contributed by atoms with Crippen LogP contribution in [0.5, 0.6) is 5.19 Å². The lowest BCUT2D eigenvalue weighted by atomic mass is 9.93. The second-order valence-corrected chi connectivity index (χ2v) is 5.02. The highest BCUT2D eigenvalue weighted by Crippen LogP contribution is 2.26. The summed E-state index contributed by atoms with van der Waals surface area (Å²) in [6.45, 7) is 0.572. The van der Waals surface area contributed by atoms with Gasteiger partial charge in [-0.05, 0) is 12.8 Å². The molecule has 0 bridgehead atoms. The number of hydrogen-bond donors (Lipinski definition) is 1. The van der Waals surface area contributed by atoms with Crippen molar-refractivity contribution in [1.82, 2.24) is 9.36 Å². The molecule has 15 heavy (non-hydrogen) atoms. The zero-order chi connectivity index (χ0) is 10.6. The number of aromatic nitrogens is 2. The lowest BCUT2D eigenvalue weighted by molar-refractivity contribution is 0.199. The van der Waals surface area contributed by atoms with E-state index in [1.54, 1.807) is 0 Å². The van der Waals surface area contributed by atoms with Crippen LogP contribution in [-0.4, -0.2) is 21.5 Å². The first-order chi connectivity index (χ1) is 7.29. The van der Waals surface area contributed by atoms with Crippen LogP contribution in [0.25, 0.3) is 0 Å². The minimum atomic E-state index is -0.151. The summed E-state index contributed by atoms with van der Waals surface area (Å²) < 4.78 is 9.46. The van der Waals surface area contributed by atoms with Crippen LogP contribution in [0.4, 0.5) is 0 Å². The van der Waals surface area contributed by atoms with Gasteiger partial charge < -0.3 is 10.5 Å². The molecule has 0 amide bonds. The van der Waals surface area contributed by atoms with Crippen LogP contribution < -0.4 is 10.5 Å². The van der Waals surface area contributed by atoms with Crippen LogP contribution in [0.1, 0.15) is 38.5 Å². The molecular formula is C10H17N3OS. The van der Waals surface area contributed by atoms with Crippen LogP contribution in [0, 0.1) is 0 Å². The fourth-order valence-corrected chi connectivity index (χ4v) is 2.40. The normalized spacial score (nSPS) is 20.9. The largest absolute Gasteiger partial charge is 0.467 e. The molecule has 0 aliphatic heterocycles. The predicted molar refractivity (Wildman–Crippen MR) is 60.0 cm³/mol. The van der Waals surface area contributed by atoms with Crippen molar-refractivity contribution in [3.63, 3.8) is 0 Å². The number of nitrogens with two attached hydrogens (primary N) is 1. The highest BCUT2D eigenvalue weighted by molar-refractivity contribution is 7.07. The fraction of sp³-hybridized carbons (Fsp3) is 0.800. The van der Waals surface area contributed by atoms with Gasteiger partial charge in [0, 0.05) is 11.5 Å². The maximum atomic E-state index is 6.31. The Hall–Kier alpha value is -0.680. The van der Waals surface area contributed by atoms with Crippen molar-refractivity contribution in [1.29, 1.82) is 0 Å². The van der Waals surface area contributed by atoms with E-state index < -0.39 is 0 Å². The lowest BCUT2D eigenvalue weighted by Gasteiger charge is -2.26. The van der Waals surface area contributed by atoms with Gasteiger partial charge in [0.05, 0.1) is 5.54 Å². The Bertz CT molecular complexity index is 281. The summed E-state index contributed by atoms with van der Waals surface area (Å²) in [5.74, 6) is 0. The topological polar surface area (TPSA) is 61.0 Å². The van der Waals surface area contributed by atoms with E-state index >= 15 is 0 Å². The first-order valence-corrected chi connectivity index (χ1v) is 6.24. The van der Waals surface area contributed by atoms with Crippen molar-refractivity contribution in [3.8, 4) is 5.19 Å². The van der Waals surface area contributed by atoms with E-state index in [1.165, 1.54) is 43.5 Å². The third-order valence-electron chi connectivity index (χ3n) is 2.92. The summed E-state index contributed by atoms with van der Waals surface area (Å²) in [7, 11) is 0. The molecule has 1 aliphatic carbocycles. The SMILES string of the molecule is NC1(COc2ncns2)CCCCCC1. The molecule has 84 valence electrons. The highest BCUT2D eigenvalue weighted by atomic mass is 32.1. The van der Waals surface area contributed by atoms with Gasteiger partial charge in [-0.2, -0.15) is 9.36 Å². The molecule has 0 aromatic carbocycles. The standard InChI is InChI=1S/C10H17N3OS/c11-10(5-3-1-2-4-6-10)7-14-9-12-8-13-15-9/h8H,1-7,11H2. The van der Waals surface area contributed by atoms with E-state index in [9.17, 15) is 0 Å². The van der Waals surface area contributed by atoms with E-state index in [-0.39, 0.29) is 5.54 Å². The number of hydrogen-bond acceptors (Lipinski definition) is 5.